The third kappa shape index (κ3) is 6.58. The van der Waals surface area contributed by atoms with E-state index in [0.29, 0.717) is 23.6 Å². The lowest BCUT2D eigenvalue weighted by Gasteiger charge is -2.19. The molecule has 0 saturated heterocycles. The van der Waals surface area contributed by atoms with Crippen molar-refractivity contribution in [1.82, 2.24) is 5.32 Å². The average molecular weight is 327 g/mol. The highest BCUT2D eigenvalue weighted by Crippen LogP contribution is 2.24. The maximum atomic E-state index is 11.4. The van der Waals surface area contributed by atoms with Crippen LogP contribution in [0.2, 0.25) is 5.02 Å². The van der Waals surface area contributed by atoms with Gasteiger partial charge < -0.3 is 10.1 Å². The Balaban J connectivity index is 2.50. The predicted molar refractivity (Wildman–Crippen MR) is 86.0 cm³/mol. The van der Waals surface area contributed by atoms with Crippen LogP contribution in [0.25, 0.3) is 6.08 Å². The summed E-state index contributed by atoms with van der Waals surface area (Å²) in [6, 6.07) is 4.48. The van der Waals surface area contributed by atoms with Crippen LogP contribution < -0.4 is 5.32 Å². The molecule has 0 fully saturated rings. The number of nitro benzene ring substituents is 1. The Hall–Kier alpha value is -2.08. The number of nitro groups is 1. The summed E-state index contributed by atoms with van der Waals surface area (Å²) in [4.78, 5) is 21.9. The fourth-order valence-electron chi connectivity index (χ4n) is 1.60. The summed E-state index contributed by atoms with van der Waals surface area (Å²) in [6.07, 6.45) is 3.41. The van der Waals surface area contributed by atoms with Crippen molar-refractivity contribution >= 4 is 29.5 Å². The minimum atomic E-state index is -0.538. The number of carbonyl (C=O) groups is 1. The van der Waals surface area contributed by atoms with E-state index in [0.717, 1.165) is 0 Å². The van der Waals surface area contributed by atoms with Gasteiger partial charge in [-0.2, -0.15) is 0 Å². The maximum absolute atomic E-state index is 11.4. The van der Waals surface area contributed by atoms with Crippen molar-refractivity contribution in [3.8, 4) is 0 Å². The van der Waals surface area contributed by atoms with Gasteiger partial charge >= 0.3 is 6.09 Å². The van der Waals surface area contributed by atoms with Crippen molar-refractivity contribution in [3.05, 3.63) is 45.0 Å². The first-order valence-corrected chi connectivity index (χ1v) is 7.14. The minimum absolute atomic E-state index is 0.0520. The number of ether oxygens (including phenoxy) is 1. The predicted octanol–water partition coefficient (Wildman–Crippen LogP) is 4.18. The molecule has 1 aromatic carbocycles. The molecule has 7 heteroatoms. The molecule has 0 atom stereocenters. The Morgan fingerprint density at radius 1 is 1.45 bits per heavy atom. The van der Waals surface area contributed by atoms with Crippen LogP contribution in [0.5, 0.6) is 0 Å². The number of nitrogens with one attached hydrogen (secondary N) is 1. The number of alkyl carbamates (subject to hydrolysis) is 1. The van der Waals surface area contributed by atoms with Gasteiger partial charge in [-0.25, -0.2) is 4.79 Å². The number of carbonyl (C=O) groups excluding carboxylic acids is 1. The quantitative estimate of drug-likeness (QED) is 0.500. The lowest BCUT2D eigenvalue weighted by Crippen LogP contribution is -2.32. The van der Waals surface area contributed by atoms with Crippen molar-refractivity contribution < 1.29 is 14.5 Å². The molecule has 0 aliphatic rings. The highest BCUT2D eigenvalue weighted by atomic mass is 35.5. The highest BCUT2D eigenvalue weighted by Gasteiger charge is 2.15. The molecular formula is C15H19ClN2O4. The number of benzene rings is 1. The number of amides is 1. The molecule has 0 saturated carbocycles. The topological polar surface area (TPSA) is 81.5 Å². The number of nitrogens with zero attached hydrogens (tertiary/aromatic N) is 1. The molecule has 0 heterocycles. The summed E-state index contributed by atoms with van der Waals surface area (Å²) in [7, 11) is 0. The first-order chi connectivity index (χ1) is 10.2. The van der Waals surface area contributed by atoms with Gasteiger partial charge in [0.1, 0.15) is 5.60 Å². The Morgan fingerprint density at radius 2 is 2.14 bits per heavy atom. The van der Waals surface area contributed by atoms with E-state index in [1.807, 2.05) is 0 Å². The lowest BCUT2D eigenvalue weighted by molar-refractivity contribution is -0.385. The molecular weight excluding hydrogens is 308 g/mol. The number of rotatable bonds is 5. The molecule has 0 bridgehead atoms. The van der Waals surface area contributed by atoms with Gasteiger partial charge in [-0.05, 0) is 39.3 Å². The van der Waals surface area contributed by atoms with E-state index >= 15 is 0 Å². The van der Waals surface area contributed by atoms with Gasteiger partial charge in [-0.15, -0.1) is 0 Å². The van der Waals surface area contributed by atoms with Gasteiger partial charge in [-0.3, -0.25) is 10.1 Å². The van der Waals surface area contributed by atoms with Gasteiger partial charge in [0.05, 0.1) is 10.5 Å². The maximum Gasteiger partial charge on any atom is 0.407 e. The summed E-state index contributed by atoms with van der Waals surface area (Å²) in [6.45, 7) is 5.73. The molecule has 0 unspecified atom stereocenters. The van der Waals surface area contributed by atoms with E-state index in [2.05, 4.69) is 5.32 Å². The number of halogens is 1. The van der Waals surface area contributed by atoms with Gasteiger partial charge in [0.2, 0.25) is 0 Å². The Kier molecular flexibility index (Phi) is 6.37. The first-order valence-electron chi connectivity index (χ1n) is 6.76. The van der Waals surface area contributed by atoms with Gasteiger partial charge in [0.15, 0.2) is 0 Å². The largest absolute Gasteiger partial charge is 0.444 e. The number of hydrogen-bond acceptors (Lipinski definition) is 4. The van der Waals surface area contributed by atoms with E-state index in [1.54, 1.807) is 45.1 Å². The van der Waals surface area contributed by atoms with Gasteiger partial charge in [-0.1, -0.05) is 23.8 Å². The molecule has 0 radical (unpaired) electrons. The molecule has 1 amide bonds. The standard InChI is InChI=1S/C15H19ClN2O4/c1-15(2,3)22-14(19)17-9-5-4-6-11-7-8-12(16)10-13(11)18(20)21/h4,6-8,10H,5,9H2,1-3H3,(H,17,19). The minimum Gasteiger partial charge on any atom is -0.444 e. The van der Waals surface area contributed by atoms with Gasteiger partial charge in [0, 0.05) is 17.6 Å². The summed E-state index contributed by atoms with van der Waals surface area (Å²) in [5.74, 6) is 0. The van der Waals surface area contributed by atoms with E-state index in [1.165, 1.54) is 6.07 Å². The molecule has 1 aromatic rings. The summed E-state index contributed by atoms with van der Waals surface area (Å²) in [5.41, 5.74) is -0.125. The van der Waals surface area contributed by atoms with E-state index in [-0.39, 0.29) is 5.69 Å². The fourth-order valence-corrected chi connectivity index (χ4v) is 1.76. The molecule has 22 heavy (non-hydrogen) atoms. The van der Waals surface area contributed by atoms with Crippen molar-refractivity contribution in [2.45, 2.75) is 32.8 Å². The van der Waals surface area contributed by atoms with Crippen LogP contribution in [-0.2, 0) is 4.74 Å². The van der Waals surface area contributed by atoms with Crippen molar-refractivity contribution in [2.24, 2.45) is 0 Å². The number of hydrogen-bond donors (Lipinski definition) is 1. The normalized spacial score (nSPS) is 11.5. The molecule has 1 N–H and O–H groups in total. The zero-order chi connectivity index (χ0) is 16.8. The Bertz CT molecular complexity index is 579. The SMILES string of the molecule is CC(C)(C)OC(=O)NCCC=Cc1ccc(Cl)cc1[N+](=O)[O-]. The molecule has 0 spiro atoms. The highest BCUT2D eigenvalue weighted by molar-refractivity contribution is 6.30. The Labute approximate surface area is 134 Å². The van der Waals surface area contributed by atoms with E-state index in [9.17, 15) is 14.9 Å². The van der Waals surface area contributed by atoms with Crippen molar-refractivity contribution in [1.29, 1.82) is 0 Å². The average Bonchev–Trinajstić information content (AvgIpc) is 2.37. The second-order valence-corrected chi connectivity index (χ2v) is 6.02. The molecule has 1 rings (SSSR count). The molecule has 0 aliphatic heterocycles. The zero-order valence-electron chi connectivity index (χ0n) is 12.8. The van der Waals surface area contributed by atoms with E-state index < -0.39 is 16.6 Å². The molecule has 6 nitrogen and oxygen atoms in total. The smallest absolute Gasteiger partial charge is 0.407 e. The van der Waals surface area contributed by atoms with E-state index in [4.69, 9.17) is 16.3 Å². The van der Waals surface area contributed by atoms with Crippen LogP contribution in [0.1, 0.15) is 32.8 Å². The zero-order valence-corrected chi connectivity index (χ0v) is 13.5. The van der Waals surface area contributed by atoms with Crippen LogP contribution in [0, 0.1) is 10.1 Å². The first kappa shape index (κ1) is 18.0. The van der Waals surface area contributed by atoms with Crippen molar-refractivity contribution in [2.75, 3.05) is 6.54 Å². The summed E-state index contributed by atoms with van der Waals surface area (Å²) in [5, 5.41) is 13.8. The molecule has 0 aromatic heterocycles. The van der Waals surface area contributed by atoms with Gasteiger partial charge in [0.25, 0.3) is 5.69 Å². The third-order valence-electron chi connectivity index (χ3n) is 2.47. The summed E-state index contributed by atoms with van der Waals surface area (Å²) < 4.78 is 5.09. The second kappa shape index (κ2) is 7.79. The van der Waals surface area contributed by atoms with Crippen LogP contribution in [0.4, 0.5) is 10.5 Å². The monoisotopic (exact) mass is 326 g/mol. The van der Waals surface area contributed by atoms with Crippen LogP contribution in [0.15, 0.2) is 24.3 Å². The van der Waals surface area contributed by atoms with Crippen molar-refractivity contribution in [3.63, 3.8) is 0 Å². The lowest BCUT2D eigenvalue weighted by atomic mass is 10.1. The second-order valence-electron chi connectivity index (χ2n) is 5.58. The molecule has 120 valence electrons. The van der Waals surface area contributed by atoms with Crippen LogP contribution in [-0.4, -0.2) is 23.2 Å². The van der Waals surface area contributed by atoms with Crippen LogP contribution >= 0.6 is 11.6 Å². The Morgan fingerprint density at radius 3 is 2.73 bits per heavy atom. The third-order valence-corrected chi connectivity index (χ3v) is 2.70. The molecule has 0 aliphatic carbocycles. The fraction of sp³-hybridized carbons (Fsp3) is 0.400. The summed E-state index contributed by atoms with van der Waals surface area (Å²) >= 11 is 5.74. The van der Waals surface area contributed by atoms with Crippen LogP contribution in [0.3, 0.4) is 0 Å².